The number of carbonyl (C=O) groups excluding carboxylic acids is 3. The third-order valence-corrected chi connectivity index (χ3v) is 10.5. The highest BCUT2D eigenvalue weighted by atomic mass is 35.5. The van der Waals surface area contributed by atoms with Crippen LogP contribution in [0.3, 0.4) is 0 Å². The van der Waals surface area contributed by atoms with Crippen LogP contribution in [0.25, 0.3) is 0 Å². The molecule has 1 aliphatic rings. The molecular weight excluding hydrogens is 670 g/mol. The molecule has 14 heteroatoms. The Labute approximate surface area is 292 Å². The molecule has 5 N–H and O–H groups in total. The van der Waals surface area contributed by atoms with Gasteiger partial charge in [-0.05, 0) is 74.4 Å². The highest BCUT2D eigenvalue weighted by molar-refractivity contribution is 7.89. The van der Waals surface area contributed by atoms with Gasteiger partial charge in [0.2, 0.25) is 21.8 Å². The number of aliphatic hydroxyl groups is 1. The van der Waals surface area contributed by atoms with Crippen molar-refractivity contribution in [1.82, 2.24) is 9.21 Å². The summed E-state index contributed by atoms with van der Waals surface area (Å²) in [4.78, 5) is 40.4. The quantitative estimate of drug-likeness (QED) is 0.134. The molecule has 0 fully saturated rings. The van der Waals surface area contributed by atoms with Crippen LogP contribution >= 0.6 is 11.6 Å². The number of rotatable bonds is 14. The van der Waals surface area contributed by atoms with E-state index in [1.54, 1.807) is 48.2 Å². The van der Waals surface area contributed by atoms with Crippen molar-refractivity contribution >= 4 is 56.4 Å². The summed E-state index contributed by atoms with van der Waals surface area (Å²) < 4.78 is 34.2. The molecule has 49 heavy (non-hydrogen) atoms. The molecule has 0 unspecified atom stereocenters. The number of aliphatic hydroxyl groups excluding tert-OH is 1. The smallest absolute Gasteiger partial charge is 0.258 e. The van der Waals surface area contributed by atoms with Crippen molar-refractivity contribution in [3.63, 3.8) is 0 Å². The van der Waals surface area contributed by atoms with Crippen LogP contribution in [0.5, 0.6) is 5.75 Å². The Morgan fingerprint density at radius 2 is 1.69 bits per heavy atom. The first-order valence-electron chi connectivity index (χ1n) is 16.2. The summed E-state index contributed by atoms with van der Waals surface area (Å²) in [6.07, 6.45) is 1.69. The Morgan fingerprint density at radius 3 is 2.35 bits per heavy atom. The fraction of sp³-hybridized carbons (Fsp3) is 0.400. The van der Waals surface area contributed by atoms with E-state index in [-0.39, 0.29) is 66.0 Å². The van der Waals surface area contributed by atoms with Gasteiger partial charge in [0.25, 0.3) is 5.91 Å². The maximum atomic E-state index is 13.8. The summed E-state index contributed by atoms with van der Waals surface area (Å²) in [6.45, 7) is 3.51. The average molecular weight is 714 g/mol. The van der Waals surface area contributed by atoms with E-state index >= 15 is 0 Å². The zero-order valence-corrected chi connectivity index (χ0v) is 29.5. The molecule has 3 atom stereocenters. The van der Waals surface area contributed by atoms with E-state index in [2.05, 4.69) is 10.6 Å². The molecule has 1 aliphatic heterocycles. The number of anilines is 3. The number of nitrogens with two attached hydrogens (primary N) is 1. The molecule has 0 spiro atoms. The molecule has 0 saturated heterocycles. The van der Waals surface area contributed by atoms with Gasteiger partial charge in [0.05, 0.1) is 41.0 Å². The number of amides is 3. The molecule has 0 aromatic heterocycles. The molecule has 264 valence electrons. The lowest BCUT2D eigenvalue weighted by molar-refractivity contribution is -0.116. The minimum atomic E-state index is -3.87. The number of sulfonamides is 1. The SMILES string of the molecule is C[C@@H]1CN([C@@H](C)CO)C(=O)c2cc(NC(=O)CCCCCC(=O)Nc3ccccc3N)ccc2O[C@H]1CN(C)S(=O)(=O)c1ccc(Cl)cc1. The number of likely N-dealkylation sites (N-methyl/N-ethyl adjacent to an activating group) is 1. The number of carbonyl (C=O) groups is 3. The van der Waals surface area contributed by atoms with Crippen LogP contribution in [0.4, 0.5) is 17.1 Å². The van der Waals surface area contributed by atoms with Gasteiger partial charge in [-0.15, -0.1) is 0 Å². The lowest BCUT2D eigenvalue weighted by Gasteiger charge is -2.38. The number of para-hydroxylation sites is 2. The summed E-state index contributed by atoms with van der Waals surface area (Å²) in [7, 11) is -2.41. The predicted octanol–water partition coefficient (Wildman–Crippen LogP) is 4.99. The Hall–Kier alpha value is -4.17. The standard InChI is InChI=1S/C35H44ClN5O7S/c1-23-20-41(24(2)22-42)35(45)28-19-26(38-33(43)11-5-4-6-12-34(44)39-30-10-8-7-9-29(30)37)15-18-31(28)48-32(23)21-40(3)49(46,47)27-16-13-25(36)14-17-27/h7-10,13-19,23-24,32,42H,4-6,11-12,20-22,37H2,1-3H3,(H,38,43)(H,39,44)/t23-,24+,32+/m1/s1. The van der Waals surface area contributed by atoms with Crippen molar-refractivity contribution in [1.29, 1.82) is 0 Å². The van der Waals surface area contributed by atoms with Crippen LogP contribution in [0.15, 0.2) is 71.6 Å². The second-order valence-corrected chi connectivity index (χ2v) is 14.8. The summed E-state index contributed by atoms with van der Waals surface area (Å²) >= 11 is 5.95. The Bertz CT molecular complexity index is 1740. The Kier molecular flexibility index (Phi) is 13.0. The van der Waals surface area contributed by atoms with E-state index in [4.69, 9.17) is 22.1 Å². The summed E-state index contributed by atoms with van der Waals surface area (Å²) in [5.41, 5.74) is 7.51. The van der Waals surface area contributed by atoms with Gasteiger partial charge in [-0.25, -0.2) is 8.42 Å². The second-order valence-electron chi connectivity index (χ2n) is 12.3. The first kappa shape index (κ1) is 37.6. The fourth-order valence-electron chi connectivity index (χ4n) is 5.45. The van der Waals surface area contributed by atoms with Gasteiger partial charge < -0.3 is 31.1 Å². The molecule has 1 heterocycles. The van der Waals surface area contributed by atoms with Crippen molar-refractivity contribution in [2.75, 3.05) is 43.1 Å². The molecule has 0 radical (unpaired) electrons. The fourth-order valence-corrected chi connectivity index (χ4v) is 6.76. The molecule has 0 aliphatic carbocycles. The Morgan fingerprint density at radius 1 is 1.04 bits per heavy atom. The lowest BCUT2D eigenvalue weighted by Crippen LogP contribution is -2.50. The number of hydrogen-bond acceptors (Lipinski definition) is 8. The number of nitrogen functional groups attached to an aromatic ring is 1. The van der Waals surface area contributed by atoms with E-state index in [0.717, 1.165) is 0 Å². The van der Waals surface area contributed by atoms with Gasteiger partial charge in [-0.3, -0.25) is 14.4 Å². The van der Waals surface area contributed by atoms with Gasteiger partial charge in [0.1, 0.15) is 11.9 Å². The van der Waals surface area contributed by atoms with Gasteiger partial charge in [-0.1, -0.05) is 37.1 Å². The highest BCUT2D eigenvalue weighted by Crippen LogP contribution is 2.31. The maximum absolute atomic E-state index is 13.8. The van der Waals surface area contributed by atoms with Gasteiger partial charge in [-0.2, -0.15) is 4.31 Å². The van der Waals surface area contributed by atoms with E-state index in [1.165, 1.54) is 41.7 Å². The topological polar surface area (TPSA) is 171 Å². The first-order valence-corrected chi connectivity index (χ1v) is 18.0. The number of halogens is 1. The summed E-state index contributed by atoms with van der Waals surface area (Å²) in [5.74, 6) is -0.846. The Balaban J connectivity index is 1.40. The van der Waals surface area contributed by atoms with Crippen LogP contribution in [0.1, 0.15) is 56.3 Å². The number of nitrogens with one attached hydrogen (secondary N) is 2. The number of hydrogen-bond donors (Lipinski definition) is 4. The van der Waals surface area contributed by atoms with E-state index < -0.39 is 22.2 Å². The molecule has 0 saturated carbocycles. The van der Waals surface area contributed by atoms with E-state index in [1.807, 2.05) is 6.92 Å². The normalized spacial score (nSPS) is 17.0. The summed E-state index contributed by atoms with van der Waals surface area (Å²) in [5, 5.41) is 16.0. The van der Waals surface area contributed by atoms with Gasteiger partial charge in [0, 0.05) is 43.1 Å². The predicted molar refractivity (Wildman–Crippen MR) is 190 cm³/mol. The summed E-state index contributed by atoms with van der Waals surface area (Å²) in [6, 6.07) is 17.1. The zero-order valence-electron chi connectivity index (χ0n) is 27.9. The molecule has 12 nitrogen and oxygen atoms in total. The minimum absolute atomic E-state index is 0.0123. The van der Waals surface area contributed by atoms with Crippen LogP contribution < -0.4 is 21.1 Å². The van der Waals surface area contributed by atoms with Gasteiger partial charge >= 0.3 is 0 Å². The van der Waals surface area contributed by atoms with Crippen molar-refractivity contribution in [3.05, 3.63) is 77.3 Å². The highest BCUT2D eigenvalue weighted by Gasteiger charge is 2.35. The van der Waals surface area contributed by atoms with Crippen LogP contribution in [0.2, 0.25) is 5.02 Å². The zero-order chi connectivity index (χ0) is 35.7. The monoisotopic (exact) mass is 713 g/mol. The maximum Gasteiger partial charge on any atom is 0.258 e. The third kappa shape index (κ3) is 9.94. The number of fused-ring (bicyclic) bond motifs is 1. The van der Waals surface area contributed by atoms with E-state index in [9.17, 15) is 27.9 Å². The second kappa shape index (κ2) is 17.0. The molecular formula is C35H44ClN5O7S. The van der Waals surface area contributed by atoms with Crippen molar-refractivity contribution in [2.24, 2.45) is 5.92 Å². The molecule has 3 aromatic rings. The molecule has 0 bridgehead atoms. The van der Waals surface area contributed by atoms with Crippen molar-refractivity contribution < 1.29 is 32.6 Å². The molecule has 3 aromatic carbocycles. The first-order chi connectivity index (χ1) is 23.3. The number of ether oxygens (including phenoxy) is 1. The number of nitrogens with zero attached hydrogens (tertiary/aromatic N) is 2. The van der Waals surface area contributed by atoms with Crippen molar-refractivity contribution in [2.45, 2.75) is 63.0 Å². The largest absolute Gasteiger partial charge is 0.488 e. The molecule has 3 amide bonds. The third-order valence-electron chi connectivity index (χ3n) is 8.45. The van der Waals surface area contributed by atoms with Crippen LogP contribution in [-0.2, 0) is 19.6 Å². The minimum Gasteiger partial charge on any atom is -0.488 e. The van der Waals surface area contributed by atoms with Crippen molar-refractivity contribution in [3.8, 4) is 5.75 Å². The average Bonchev–Trinajstić information content (AvgIpc) is 3.07. The van der Waals surface area contributed by atoms with Crippen LogP contribution in [0, 0.1) is 5.92 Å². The lowest BCUT2D eigenvalue weighted by atomic mass is 9.99. The van der Waals surface area contributed by atoms with E-state index in [0.29, 0.717) is 47.8 Å². The molecule has 4 rings (SSSR count). The number of benzene rings is 3. The van der Waals surface area contributed by atoms with Crippen LogP contribution in [-0.4, -0.2) is 79.3 Å². The number of unbranched alkanes of at least 4 members (excludes halogenated alkanes) is 2. The van der Waals surface area contributed by atoms with Gasteiger partial charge in [0.15, 0.2) is 0 Å².